The van der Waals surface area contributed by atoms with Crippen LogP contribution in [-0.2, 0) is 4.79 Å². The Bertz CT molecular complexity index is 418. The van der Waals surface area contributed by atoms with Crippen molar-refractivity contribution < 1.29 is 9.53 Å². The second kappa shape index (κ2) is 5.08. The van der Waals surface area contributed by atoms with Crippen LogP contribution in [0.15, 0.2) is 18.2 Å². The van der Waals surface area contributed by atoms with Crippen LogP contribution in [0, 0.1) is 0 Å². The third-order valence-corrected chi connectivity index (χ3v) is 2.93. The summed E-state index contributed by atoms with van der Waals surface area (Å²) in [5.74, 6) is 0.863. The largest absolute Gasteiger partial charge is 0.497 e. The summed E-state index contributed by atoms with van der Waals surface area (Å²) in [7, 11) is 1.64. The molecule has 0 aliphatic carbocycles. The van der Waals surface area contributed by atoms with Crippen LogP contribution in [0.5, 0.6) is 5.75 Å². The van der Waals surface area contributed by atoms with Crippen LogP contribution < -0.4 is 15.4 Å². The van der Waals surface area contributed by atoms with Gasteiger partial charge in [0.05, 0.1) is 18.5 Å². The normalized spacial score (nSPS) is 18.7. The average Bonchev–Trinajstić information content (AvgIpc) is 2.46. The number of carbonyl (C=O) groups excluding carboxylic acids is 1. The van der Waals surface area contributed by atoms with Crippen LogP contribution in [-0.4, -0.2) is 19.1 Å². The van der Waals surface area contributed by atoms with Crippen LogP contribution in [0.3, 0.4) is 0 Å². The Morgan fingerprint density at radius 2 is 2.24 bits per heavy atom. The quantitative estimate of drug-likeness (QED) is 0.845. The molecule has 2 rings (SSSR count). The summed E-state index contributed by atoms with van der Waals surface area (Å²) >= 11 is 0. The molecule has 4 nitrogen and oxygen atoms in total. The van der Waals surface area contributed by atoms with Crippen molar-refractivity contribution in [3.05, 3.63) is 18.2 Å². The van der Waals surface area contributed by atoms with Crippen molar-refractivity contribution in [2.24, 2.45) is 0 Å². The molecule has 0 bridgehead atoms. The average molecular weight is 234 g/mol. The molecule has 1 unspecified atom stereocenters. The van der Waals surface area contributed by atoms with E-state index in [0.29, 0.717) is 6.42 Å². The lowest BCUT2D eigenvalue weighted by Crippen LogP contribution is -2.22. The molecule has 0 fully saturated rings. The Morgan fingerprint density at radius 3 is 2.94 bits per heavy atom. The van der Waals surface area contributed by atoms with Gasteiger partial charge in [-0.2, -0.15) is 0 Å². The number of methoxy groups -OCH3 is 1. The summed E-state index contributed by atoms with van der Waals surface area (Å²) in [6.07, 6.45) is 2.57. The van der Waals surface area contributed by atoms with Gasteiger partial charge in [0.15, 0.2) is 0 Å². The van der Waals surface area contributed by atoms with Crippen molar-refractivity contribution in [1.29, 1.82) is 0 Å². The van der Waals surface area contributed by atoms with E-state index in [0.717, 1.165) is 30.0 Å². The van der Waals surface area contributed by atoms with E-state index in [4.69, 9.17) is 4.74 Å². The molecule has 0 spiro atoms. The second-order valence-electron chi connectivity index (χ2n) is 4.29. The van der Waals surface area contributed by atoms with E-state index in [1.54, 1.807) is 7.11 Å². The van der Waals surface area contributed by atoms with Crippen LogP contribution >= 0.6 is 0 Å². The summed E-state index contributed by atoms with van der Waals surface area (Å²) in [6, 6.07) is 5.84. The van der Waals surface area contributed by atoms with Gasteiger partial charge in [0.25, 0.3) is 0 Å². The number of benzene rings is 1. The Labute approximate surface area is 101 Å². The summed E-state index contributed by atoms with van der Waals surface area (Å²) in [5, 5.41) is 6.31. The number of carbonyl (C=O) groups is 1. The molecule has 17 heavy (non-hydrogen) atoms. The minimum atomic E-state index is 0.0693. The fraction of sp³-hybridized carbons (Fsp3) is 0.462. The van der Waals surface area contributed by atoms with Gasteiger partial charge in [0.1, 0.15) is 5.75 Å². The standard InChI is InChI=1S/C13H18N2O2/c1-3-4-9-7-13(16)15-11-6-5-10(17-2)8-12(11)14-9/h5-6,8-9,14H,3-4,7H2,1-2H3,(H,15,16). The van der Waals surface area contributed by atoms with E-state index in [9.17, 15) is 4.79 Å². The third kappa shape index (κ3) is 2.70. The molecule has 0 aromatic heterocycles. The summed E-state index contributed by atoms with van der Waals surface area (Å²) in [6.45, 7) is 2.12. The van der Waals surface area contributed by atoms with E-state index < -0.39 is 0 Å². The molecule has 0 saturated carbocycles. The Morgan fingerprint density at radius 1 is 1.41 bits per heavy atom. The molecule has 0 radical (unpaired) electrons. The number of fused-ring (bicyclic) bond motifs is 1. The van der Waals surface area contributed by atoms with Gasteiger partial charge < -0.3 is 15.4 Å². The molecule has 1 aliphatic rings. The zero-order valence-corrected chi connectivity index (χ0v) is 10.2. The molecule has 92 valence electrons. The van der Waals surface area contributed by atoms with Gasteiger partial charge in [-0.25, -0.2) is 0 Å². The lowest BCUT2D eigenvalue weighted by Gasteiger charge is -2.16. The fourth-order valence-electron chi connectivity index (χ4n) is 2.10. The Hall–Kier alpha value is -1.71. The molecule has 2 N–H and O–H groups in total. The Kier molecular flexibility index (Phi) is 3.52. The molecular weight excluding hydrogens is 216 g/mol. The van der Waals surface area contributed by atoms with Crippen molar-refractivity contribution in [2.45, 2.75) is 32.2 Å². The van der Waals surface area contributed by atoms with Gasteiger partial charge in [-0.15, -0.1) is 0 Å². The highest BCUT2D eigenvalue weighted by atomic mass is 16.5. The first kappa shape index (κ1) is 11.8. The summed E-state index contributed by atoms with van der Waals surface area (Å²) in [5.41, 5.74) is 1.77. The lowest BCUT2D eigenvalue weighted by atomic mass is 10.1. The molecule has 4 heteroatoms. The number of rotatable bonds is 3. The van der Waals surface area contributed by atoms with E-state index in [2.05, 4.69) is 17.6 Å². The van der Waals surface area contributed by atoms with Gasteiger partial charge >= 0.3 is 0 Å². The number of ether oxygens (including phenoxy) is 1. The molecule has 0 saturated heterocycles. The molecule has 1 aromatic carbocycles. The summed E-state index contributed by atoms with van der Waals surface area (Å²) < 4.78 is 5.19. The Balaban J connectivity index is 2.28. The molecule has 1 aliphatic heterocycles. The molecule has 1 aromatic rings. The SMILES string of the molecule is CCCC1CC(=O)Nc2ccc(OC)cc2N1. The maximum atomic E-state index is 11.7. The van der Waals surface area contributed by atoms with Gasteiger partial charge in [-0.3, -0.25) is 4.79 Å². The fourth-order valence-corrected chi connectivity index (χ4v) is 2.10. The number of amides is 1. The predicted octanol–water partition coefficient (Wildman–Crippen LogP) is 2.62. The lowest BCUT2D eigenvalue weighted by molar-refractivity contribution is -0.116. The molecule has 1 amide bonds. The highest BCUT2D eigenvalue weighted by Crippen LogP contribution is 2.30. The smallest absolute Gasteiger partial charge is 0.226 e. The van der Waals surface area contributed by atoms with Crippen molar-refractivity contribution in [3.63, 3.8) is 0 Å². The van der Waals surface area contributed by atoms with E-state index in [1.807, 2.05) is 18.2 Å². The molecule has 1 atom stereocenters. The monoisotopic (exact) mass is 234 g/mol. The molecular formula is C13H18N2O2. The zero-order chi connectivity index (χ0) is 12.3. The second-order valence-corrected chi connectivity index (χ2v) is 4.29. The topological polar surface area (TPSA) is 50.4 Å². The first-order valence-electron chi connectivity index (χ1n) is 5.97. The van der Waals surface area contributed by atoms with Crippen molar-refractivity contribution in [3.8, 4) is 5.75 Å². The number of anilines is 2. The highest BCUT2D eigenvalue weighted by Gasteiger charge is 2.20. The van der Waals surface area contributed by atoms with E-state index >= 15 is 0 Å². The zero-order valence-electron chi connectivity index (χ0n) is 10.2. The minimum absolute atomic E-state index is 0.0693. The van der Waals surface area contributed by atoms with Crippen molar-refractivity contribution >= 4 is 17.3 Å². The van der Waals surface area contributed by atoms with Crippen LogP contribution in [0.2, 0.25) is 0 Å². The predicted molar refractivity (Wildman–Crippen MR) is 68.6 cm³/mol. The first-order chi connectivity index (χ1) is 8.22. The van der Waals surface area contributed by atoms with E-state index in [-0.39, 0.29) is 11.9 Å². The third-order valence-electron chi connectivity index (χ3n) is 2.93. The molecule has 1 heterocycles. The van der Waals surface area contributed by atoms with Gasteiger partial charge in [-0.1, -0.05) is 13.3 Å². The van der Waals surface area contributed by atoms with E-state index in [1.165, 1.54) is 0 Å². The van der Waals surface area contributed by atoms with Crippen LogP contribution in [0.4, 0.5) is 11.4 Å². The highest BCUT2D eigenvalue weighted by molar-refractivity contribution is 5.96. The number of hydrogen-bond acceptors (Lipinski definition) is 3. The maximum Gasteiger partial charge on any atom is 0.226 e. The number of hydrogen-bond donors (Lipinski definition) is 2. The minimum Gasteiger partial charge on any atom is -0.497 e. The van der Waals surface area contributed by atoms with Gasteiger partial charge in [0, 0.05) is 18.5 Å². The summed E-state index contributed by atoms with van der Waals surface area (Å²) in [4.78, 5) is 11.7. The first-order valence-corrected chi connectivity index (χ1v) is 5.97. The van der Waals surface area contributed by atoms with Crippen molar-refractivity contribution in [1.82, 2.24) is 0 Å². The number of nitrogens with one attached hydrogen (secondary N) is 2. The maximum absolute atomic E-state index is 11.7. The van der Waals surface area contributed by atoms with Crippen molar-refractivity contribution in [2.75, 3.05) is 17.7 Å². The van der Waals surface area contributed by atoms with Crippen LogP contribution in [0.1, 0.15) is 26.2 Å². The van der Waals surface area contributed by atoms with Gasteiger partial charge in [0.2, 0.25) is 5.91 Å². The van der Waals surface area contributed by atoms with Crippen LogP contribution in [0.25, 0.3) is 0 Å². The van der Waals surface area contributed by atoms with Gasteiger partial charge in [-0.05, 0) is 18.6 Å².